The summed E-state index contributed by atoms with van der Waals surface area (Å²) < 4.78 is 6.42. The fourth-order valence-corrected chi connectivity index (χ4v) is 5.19. The third-order valence-electron chi connectivity index (χ3n) is 8.20. The Kier molecular flexibility index (Phi) is 17.1. The van der Waals surface area contributed by atoms with Gasteiger partial charge in [-0.15, -0.1) is 0 Å². The molecule has 0 fully saturated rings. The van der Waals surface area contributed by atoms with Crippen LogP contribution in [-0.4, -0.2) is 29.4 Å². The largest absolute Gasteiger partial charge is 0.390 e. The summed E-state index contributed by atoms with van der Waals surface area (Å²) in [6, 6.07) is 0. The Hall–Kier alpha value is -1.41. The molecule has 0 aromatic carbocycles. The number of aliphatic hydroxyl groups is 1. The molecule has 1 N–H and O–H groups in total. The molecule has 1 aliphatic rings. The molecule has 212 valence electrons. The van der Waals surface area contributed by atoms with Crippen LogP contribution in [0.5, 0.6) is 0 Å². The van der Waals surface area contributed by atoms with Crippen LogP contribution in [0.3, 0.4) is 0 Å². The topological polar surface area (TPSA) is 46.5 Å². The van der Waals surface area contributed by atoms with Crippen LogP contribution in [0.15, 0.2) is 40.5 Å². The van der Waals surface area contributed by atoms with Gasteiger partial charge in [0.05, 0.1) is 11.7 Å². The number of rotatable bonds is 20. The number of ether oxygens (including phenoxy) is 1. The van der Waals surface area contributed by atoms with Crippen molar-refractivity contribution in [1.29, 1.82) is 0 Å². The van der Waals surface area contributed by atoms with Gasteiger partial charge in [0.15, 0.2) is 0 Å². The molecule has 3 heteroatoms. The first-order chi connectivity index (χ1) is 17.6. The third kappa shape index (κ3) is 14.9. The van der Waals surface area contributed by atoms with E-state index in [4.69, 9.17) is 4.74 Å². The minimum atomic E-state index is -0.662. The van der Waals surface area contributed by atoms with Gasteiger partial charge in [-0.1, -0.05) is 75.8 Å². The van der Waals surface area contributed by atoms with Gasteiger partial charge in [-0.05, 0) is 103 Å². The second-order valence-corrected chi connectivity index (χ2v) is 12.2. The zero-order chi connectivity index (χ0) is 27.7. The van der Waals surface area contributed by atoms with Crippen molar-refractivity contribution in [3.63, 3.8) is 0 Å². The highest BCUT2D eigenvalue weighted by Gasteiger charge is 2.26. The lowest BCUT2D eigenvalue weighted by atomic mass is 9.83. The molecule has 4 unspecified atom stereocenters. The Morgan fingerprint density at radius 2 is 1.86 bits per heavy atom. The first-order valence-electron chi connectivity index (χ1n) is 15.2. The lowest BCUT2D eigenvalue weighted by Gasteiger charge is -2.31. The van der Waals surface area contributed by atoms with E-state index in [0.717, 1.165) is 57.1 Å². The average Bonchev–Trinajstić information content (AvgIpc) is 2.85. The first-order valence-corrected chi connectivity index (χ1v) is 15.2. The summed E-state index contributed by atoms with van der Waals surface area (Å²) in [7, 11) is 0. The van der Waals surface area contributed by atoms with Crippen molar-refractivity contribution < 1.29 is 14.6 Å². The SMILES string of the molecule is CCCCCCOC1C(CCC(C)CCC/C(C)=C/CCC(C)(O)CCCC(C)=C=O)=CC=C(C)C1C. The van der Waals surface area contributed by atoms with E-state index in [0.29, 0.717) is 11.8 Å². The molecule has 0 heterocycles. The number of allylic oxidation sites excluding steroid dienone is 5. The third-order valence-corrected chi connectivity index (χ3v) is 8.20. The molecule has 0 spiro atoms. The highest BCUT2D eigenvalue weighted by atomic mass is 16.5. The second kappa shape index (κ2) is 18.8. The van der Waals surface area contributed by atoms with Crippen molar-refractivity contribution in [2.45, 2.75) is 150 Å². The van der Waals surface area contributed by atoms with Crippen LogP contribution < -0.4 is 0 Å². The molecule has 0 bridgehead atoms. The van der Waals surface area contributed by atoms with E-state index in [1.165, 1.54) is 61.7 Å². The van der Waals surface area contributed by atoms with E-state index in [1.807, 2.05) is 19.8 Å². The quantitative estimate of drug-likeness (QED) is 0.0999. The summed E-state index contributed by atoms with van der Waals surface area (Å²) in [5, 5.41) is 10.6. The molecule has 0 radical (unpaired) electrons. The van der Waals surface area contributed by atoms with Crippen molar-refractivity contribution in [3.05, 3.63) is 40.5 Å². The van der Waals surface area contributed by atoms with Gasteiger partial charge in [0, 0.05) is 18.1 Å². The van der Waals surface area contributed by atoms with E-state index in [-0.39, 0.29) is 6.10 Å². The highest BCUT2D eigenvalue weighted by Crippen LogP contribution is 2.32. The second-order valence-electron chi connectivity index (χ2n) is 12.2. The number of carbonyl (C=O) groups excluding carboxylic acids is 1. The molecule has 0 amide bonds. The molecule has 0 aromatic rings. The summed E-state index contributed by atoms with van der Waals surface area (Å²) in [4.78, 5) is 10.6. The predicted molar refractivity (Wildman–Crippen MR) is 159 cm³/mol. The molecule has 0 aromatic heterocycles. The summed E-state index contributed by atoms with van der Waals surface area (Å²) >= 11 is 0. The maximum absolute atomic E-state index is 10.6. The van der Waals surface area contributed by atoms with Crippen molar-refractivity contribution in [3.8, 4) is 0 Å². The minimum Gasteiger partial charge on any atom is -0.390 e. The zero-order valence-corrected chi connectivity index (χ0v) is 25.3. The fraction of sp³-hybridized carbons (Fsp3) is 0.765. The smallest absolute Gasteiger partial charge is 0.123 e. The standard InChI is InChI=1S/C34H58O3/c1-8-9-10-11-25-37-33-31(6)30(5)20-22-32(33)21-19-28(3)16-12-15-27(2)17-13-23-34(7,36)24-14-18-29(4)26-35/h17,20,22,28,31,33,36H,8-16,18-19,21,23-25H2,1-7H3/b27-17+. The zero-order valence-electron chi connectivity index (χ0n) is 25.3. The summed E-state index contributed by atoms with van der Waals surface area (Å²) in [5.74, 6) is 3.14. The minimum absolute atomic E-state index is 0.256. The van der Waals surface area contributed by atoms with Crippen LogP contribution in [0, 0.1) is 11.8 Å². The summed E-state index contributed by atoms with van der Waals surface area (Å²) in [6.07, 6.45) is 22.2. The first kappa shape index (κ1) is 33.6. The van der Waals surface area contributed by atoms with Gasteiger partial charge in [0.1, 0.15) is 5.94 Å². The van der Waals surface area contributed by atoms with Gasteiger partial charge in [-0.25, -0.2) is 4.79 Å². The molecule has 0 saturated heterocycles. The monoisotopic (exact) mass is 514 g/mol. The molecule has 0 aliphatic heterocycles. The van der Waals surface area contributed by atoms with Crippen LogP contribution in [-0.2, 0) is 9.53 Å². The van der Waals surface area contributed by atoms with E-state index < -0.39 is 5.60 Å². The Labute approximate surface area is 229 Å². The summed E-state index contributed by atoms with van der Waals surface area (Å²) in [6.45, 7) is 16.0. The van der Waals surface area contributed by atoms with Crippen LogP contribution in [0.2, 0.25) is 0 Å². The highest BCUT2D eigenvalue weighted by molar-refractivity contribution is 5.50. The molecule has 4 atom stereocenters. The van der Waals surface area contributed by atoms with Crippen molar-refractivity contribution in [1.82, 2.24) is 0 Å². The van der Waals surface area contributed by atoms with Gasteiger partial charge < -0.3 is 9.84 Å². The Morgan fingerprint density at radius 3 is 2.57 bits per heavy atom. The number of hydrogen-bond donors (Lipinski definition) is 1. The van der Waals surface area contributed by atoms with Crippen LogP contribution in [0.4, 0.5) is 0 Å². The molecule has 1 aliphatic carbocycles. The van der Waals surface area contributed by atoms with Gasteiger partial charge in [-0.3, -0.25) is 0 Å². The van der Waals surface area contributed by atoms with Crippen molar-refractivity contribution in [2.24, 2.45) is 11.8 Å². The molecule has 0 saturated carbocycles. The lowest BCUT2D eigenvalue weighted by Crippen LogP contribution is -2.28. The molecule has 3 nitrogen and oxygen atoms in total. The van der Waals surface area contributed by atoms with Gasteiger partial charge in [0.25, 0.3) is 0 Å². The molecule has 1 rings (SSSR count). The lowest BCUT2D eigenvalue weighted by molar-refractivity contribution is 0.0410. The normalized spacial score (nSPS) is 20.6. The molecule has 37 heavy (non-hydrogen) atoms. The number of unbranched alkanes of at least 4 members (excludes halogenated alkanes) is 3. The van der Waals surface area contributed by atoms with E-state index in [1.54, 1.807) is 0 Å². The maximum Gasteiger partial charge on any atom is 0.123 e. The average molecular weight is 515 g/mol. The Morgan fingerprint density at radius 1 is 1.11 bits per heavy atom. The predicted octanol–water partition coefficient (Wildman–Crippen LogP) is 9.49. The Balaban J connectivity index is 2.35. The molecular weight excluding hydrogens is 456 g/mol. The fourth-order valence-electron chi connectivity index (χ4n) is 5.19. The van der Waals surface area contributed by atoms with Crippen molar-refractivity contribution >= 4 is 5.94 Å². The van der Waals surface area contributed by atoms with Crippen LogP contribution in [0.1, 0.15) is 138 Å². The summed E-state index contributed by atoms with van der Waals surface area (Å²) in [5.41, 5.74) is 4.43. The van der Waals surface area contributed by atoms with Gasteiger partial charge in [-0.2, -0.15) is 0 Å². The van der Waals surface area contributed by atoms with Gasteiger partial charge in [0.2, 0.25) is 0 Å². The van der Waals surface area contributed by atoms with Crippen LogP contribution >= 0.6 is 0 Å². The maximum atomic E-state index is 10.6. The molecular formula is C34H58O3. The number of hydrogen-bond acceptors (Lipinski definition) is 3. The van der Waals surface area contributed by atoms with Gasteiger partial charge >= 0.3 is 0 Å². The van der Waals surface area contributed by atoms with Crippen LogP contribution in [0.25, 0.3) is 0 Å². The van der Waals surface area contributed by atoms with Crippen molar-refractivity contribution in [2.75, 3.05) is 6.61 Å². The van der Waals surface area contributed by atoms with E-state index >= 15 is 0 Å². The Bertz CT molecular complexity index is 779. The van der Waals surface area contributed by atoms with E-state index in [9.17, 15) is 9.90 Å². The van der Waals surface area contributed by atoms with E-state index in [2.05, 4.69) is 52.8 Å².